The molecule has 2 heterocycles. The first-order valence-electron chi connectivity index (χ1n) is 12.4. The lowest BCUT2D eigenvalue weighted by Crippen LogP contribution is -2.46. The van der Waals surface area contributed by atoms with Crippen molar-refractivity contribution in [2.24, 2.45) is 11.8 Å². The summed E-state index contributed by atoms with van der Waals surface area (Å²) in [6.45, 7) is -0.635. The molecular formula is C20H29NO3. The van der Waals surface area contributed by atoms with Crippen LogP contribution < -0.4 is 9.47 Å². The molecule has 1 saturated heterocycles. The van der Waals surface area contributed by atoms with Gasteiger partial charge in [0.25, 0.3) is 0 Å². The van der Waals surface area contributed by atoms with E-state index in [1.807, 2.05) is 0 Å². The summed E-state index contributed by atoms with van der Waals surface area (Å²) in [6.07, 6.45) is 1.70. The zero-order valence-electron chi connectivity index (χ0n) is 22.1. The van der Waals surface area contributed by atoms with Crippen LogP contribution >= 0.6 is 0 Å². The molecule has 0 aromatic heterocycles. The van der Waals surface area contributed by atoms with Gasteiger partial charge in [-0.25, -0.2) is 0 Å². The van der Waals surface area contributed by atoms with E-state index in [1.165, 1.54) is 12.1 Å². The molecule has 4 heteroatoms. The number of fused-ring (bicyclic) bond motifs is 3. The second kappa shape index (κ2) is 7.14. The molecule has 4 nitrogen and oxygen atoms in total. The first-order valence-corrected chi connectivity index (χ1v) is 8.39. The van der Waals surface area contributed by atoms with Crippen LogP contribution in [0.2, 0.25) is 0 Å². The average Bonchev–Trinajstić information content (AvgIpc) is 2.60. The molecule has 0 spiro atoms. The van der Waals surface area contributed by atoms with Gasteiger partial charge in [-0.3, -0.25) is 9.69 Å². The summed E-state index contributed by atoms with van der Waals surface area (Å²) >= 11 is 0. The molecule has 0 amide bonds. The maximum absolute atomic E-state index is 12.8. The number of nitrogens with zero attached hydrogens (tertiary/aromatic N) is 1. The molecule has 132 valence electrons. The minimum Gasteiger partial charge on any atom is -0.493 e. The predicted molar refractivity (Wildman–Crippen MR) is 94.8 cm³/mol. The zero-order chi connectivity index (χ0) is 24.1. The van der Waals surface area contributed by atoms with Crippen molar-refractivity contribution in [3.05, 3.63) is 23.3 Å². The third-order valence-corrected chi connectivity index (χ3v) is 5.01. The Morgan fingerprint density at radius 1 is 1.42 bits per heavy atom. The monoisotopic (exact) mass is 339 g/mol. The van der Waals surface area contributed by atoms with E-state index in [2.05, 4.69) is 18.7 Å². The molecule has 0 bridgehead atoms. The number of benzene rings is 1. The fraction of sp³-hybridized carbons (Fsp3) is 0.650. The molecule has 3 rings (SSSR count). The van der Waals surface area contributed by atoms with Crippen molar-refractivity contribution in [1.29, 1.82) is 0 Å². The van der Waals surface area contributed by atoms with Crippen LogP contribution in [-0.4, -0.2) is 37.4 Å². The first kappa shape index (κ1) is 9.81. The summed E-state index contributed by atoms with van der Waals surface area (Å²) in [4.78, 5) is 15.0. The first-order chi connectivity index (χ1) is 14.6. The highest BCUT2D eigenvalue weighted by Gasteiger charge is 2.38. The Labute approximate surface area is 156 Å². The highest BCUT2D eigenvalue weighted by molar-refractivity contribution is 5.83. The van der Waals surface area contributed by atoms with Crippen LogP contribution in [0.25, 0.3) is 0 Å². The van der Waals surface area contributed by atoms with Gasteiger partial charge in [-0.2, -0.15) is 0 Å². The van der Waals surface area contributed by atoms with E-state index in [1.54, 1.807) is 0 Å². The number of rotatable bonds is 5. The maximum atomic E-state index is 12.8. The van der Waals surface area contributed by atoms with Crippen LogP contribution in [-0.2, 0) is 11.2 Å². The molecule has 24 heavy (non-hydrogen) atoms. The molecule has 1 aromatic carbocycles. The SMILES string of the molecule is [2H]C([2H])([2H])Oc1cc2c(cc1OC([2H])([2H])C([2H])([2H])[2H])CCN1CC(CC(C)C)C(=O)CC21. The Morgan fingerprint density at radius 3 is 3.04 bits per heavy atom. The van der Waals surface area contributed by atoms with Gasteiger partial charge >= 0.3 is 0 Å². The number of Topliss-reactive ketones (excluding diaryl/α,β-unsaturated/α-hetero) is 1. The number of carbonyl (C=O) groups is 1. The minimum absolute atomic E-state index is 0.0277. The van der Waals surface area contributed by atoms with Crippen LogP contribution in [0.1, 0.15) is 61.7 Å². The summed E-state index contributed by atoms with van der Waals surface area (Å²) in [6, 6.07) is 2.67. The van der Waals surface area contributed by atoms with E-state index < -0.39 is 20.4 Å². The number of ether oxygens (including phenoxy) is 2. The quantitative estimate of drug-likeness (QED) is 0.821. The van der Waals surface area contributed by atoms with Crippen LogP contribution in [0.15, 0.2) is 12.1 Å². The molecule has 0 N–H and O–H groups in total. The Balaban J connectivity index is 1.98. The topological polar surface area (TPSA) is 38.8 Å². The Kier molecular flexibility index (Phi) is 2.92. The zero-order valence-corrected chi connectivity index (χ0v) is 14.1. The molecule has 2 aliphatic heterocycles. The lowest BCUT2D eigenvalue weighted by atomic mass is 9.80. The fourth-order valence-corrected chi connectivity index (χ4v) is 3.95. The molecule has 1 fully saturated rings. The lowest BCUT2D eigenvalue weighted by molar-refractivity contribution is -0.129. The molecule has 0 aliphatic carbocycles. The van der Waals surface area contributed by atoms with E-state index in [-0.39, 0.29) is 29.2 Å². The van der Waals surface area contributed by atoms with Gasteiger partial charge in [0, 0.05) is 35.6 Å². The van der Waals surface area contributed by atoms with Gasteiger partial charge in [-0.1, -0.05) is 13.8 Å². The summed E-state index contributed by atoms with van der Waals surface area (Å²) < 4.78 is 70.2. The van der Waals surface area contributed by atoms with E-state index in [0.29, 0.717) is 31.8 Å². The smallest absolute Gasteiger partial charge is 0.161 e. The number of methoxy groups -OCH3 is 1. The standard InChI is InChI=1S/C20H29NO3/c1-5-24-20-9-14-6-7-21-12-15(8-13(2)3)18(22)11-17(21)16(14)10-19(20)23-4/h9-10,13,15,17H,5-8,11-12H2,1-4H3/i1D3,4D3,5D2. The molecule has 0 radical (unpaired) electrons. The maximum Gasteiger partial charge on any atom is 0.161 e. The Morgan fingerprint density at radius 2 is 2.29 bits per heavy atom. The normalized spacial score (nSPS) is 30.4. The summed E-state index contributed by atoms with van der Waals surface area (Å²) in [5.41, 5.74) is 1.49. The number of hydrogen-bond donors (Lipinski definition) is 0. The van der Waals surface area contributed by atoms with Crippen LogP contribution in [0, 0.1) is 11.8 Å². The predicted octanol–water partition coefficient (Wildman–Crippen LogP) is 3.63. The largest absolute Gasteiger partial charge is 0.493 e. The summed E-state index contributed by atoms with van der Waals surface area (Å²) in [7, 11) is -2.85. The third-order valence-electron chi connectivity index (χ3n) is 5.01. The number of piperidine rings is 1. The van der Waals surface area contributed by atoms with E-state index >= 15 is 0 Å². The minimum atomic E-state index is -3.09. The molecule has 2 aliphatic rings. The van der Waals surface area contributed by atoms with E-state index in [9.17, 15) is 4.79 Å². The highest BCUT2D eigenvalue weighted by Crippen LogP contribution is 2.42. The second-order valence-electron chi connectivity index (χ2n) is 7.06. The molecule has 2 unspecified atom stereocenters. The Hall–Kier alpha value is -1.55. The van der Waals surface area contributed by atoms with Gasteiger partial charge in [0.15, 0.2) is 11.5 Å². The third kappa shape index (κ3) is 3.30. The van der Waals surface area contributed by atoms with Gasteiger partial charge in [0.05, 0.1) is 20.5 Å². The van der Waals surface area contributed by atoms with Crippen LogP contribution in [0.5, 0.6) is 11.5 Å². The van der Waals surface area contributed by atoms with Gasteiger partial charge in [-0.15, -0.1) is 0 Å². The summed E-state index contributed by atoms with van der Waals surface area (Å²) in [5.74, 6) is -0.000240. The number of hydrogen-bond acceptors (Lipinski definition) is 4. The van der Waals surface area contributed by atoms with Crippen molar-refractivity contribution in [1.82, 2.24) is 4.90 Å². The van der Waals surface area contributed by atoms with E-state index in [4.69, 9.17) is 20.4 Å². The molecule has 2 atom stereocenters. The summed E-state index contributed by atoms with van der Waals surface area (Å²) in [5, 5.41) is 0. The average molecular weight is 340 g/mol. The number of ketones is 1. The molecule has 0 saturated carbocycles. The van der Waals surface area contributed by atoms with Crippen molar-refractivity contribution in [2.45, 2.75) is 46.0 Å². The molecule has 1 aromatic rings. The lowest BCUT2D eigenvalue weighted by Gasteiger charge is -2.43. The van der Waals surface area contributed by atoms with Gasteiger partial charge in [0.1, 0.15) is 5.78 Å². The van der Waals surface area contributed by atoms with Gasteiger partial charge < -0.3 is 9.47 Å². The van der Waals surface area contributed by atoms with Crippen molar-refractivity contribution < 1.29 is 25.2 Å². The number of carbonyl (C=O) groups excluding carboxylic acids is 1. The van der Waals surface area contributed by atoms with E-state index in [0.717, 1.165) is 17.5 Å². The van der Waals surface area contributed by atoms with Crippen molar-refractivity contribution in [3.8, 4) is 11.5 Å². The van der Waals surface area contributed by atoms with Crippen molar-refractivity contribution in [3.63, 3.8) is 0 Å². The van der Waals surface area contributed by atoms with Crippen molar-refractivity contribution in [2.75, 3.05) is 26.7 Å². The Bertz CT molecular complexity index is 866. The highest BCUT2D eigenvalue weighted by atomic mass is 16.5. The van der Waals surface area contributed by atoms with Gasteiger partial charge in [0.2, 0.25) is 0 Å². The fourth-order valence-electron chi connectivity index (χ4n) is 3.95. The molecular weight excluding hydrogens is 302 g/mol. The van der Waals surface area contributed by atoms with Crippen LogP contribution in [0.3, 0.4) is 0 Å². The second-order valence-corrected chi connectivity index (χ2v) is 7.06. The van der Waals surface area contributed by atoms with Gasteiger partial charge in [-0.05, 0) is 48.9 Å². The van der Waals surface area contributed by atoms with Crippen molar-refractivity contribution >= 4 is 5.78 Å². The van der Waals surface area contributed by atoms with Crippen LogP contribution in [0.4, 0.5) is 0 Å².